The molecule has 3 heterocycles. The van der Waals surface area contributed by atoms with Crippen molar-refractivity contribution >= 4 is 32.6 Å². The molecule has 0 atom stereocenters. The van der Waals surface area contributed by atoms with Crippen molar-refractivity contribution in [3.63, 3.8) is 0 Å². The number of amides is 1. The second-order valence-electron chi connectivity index (χ2n) is 6.39. The Morgan fingerprint density at radius 3 is 2.60 bits per heavy atom. The second-order valence-corrected chi connectivity index (χ2v) is 7.43. The van der Waals surface area contributed by atoms with E-state index < -0.39 is 12.3 Å². The highest BCUT2D eigenvalue weighted by molar-refractivity contribution is 7.22. The number of aryl methyl sites for hydroxylation is 2. The summed E-state index contributed by atoms with van der Waals surface area (Å²) in [6.45, 7) is 3.78. The summed E-state index contributed by atoms with van der Waals surface area (Å²) >= 11 is 1.04. The van der Waals surface area contributed by atoms with Crippen LogP contribution in [-0.4, -0.2) is 32.0 Å². The third kappa shape index (κ3) is 4.25. The fourth-order valence-corrected chi connectivity index (χ4v) is 3.72. The molecule has 0 saturated carbocycles. The molecular formula is C19H14F3N5O2S. The van der Waals surface area contributed by atoms with Gasteiger partial charge in [-0.25, -0.2) is 14.6 Å². The SMILES string of the molecule is Cc1cc(C)n(-c2ccc(C(=O)Nc3nc4ccc(OC(F)(F)F)cc4s3)cn2)n1. The Hall–Kier alpha value is -3.47. The normalized spacial score (nSPS) is 11.6. The highest BCUT2D eigenvalue weighted by Crippen LogP contribution is 2.31. The molecule has 3 aromatic heterocycles. The van der Waals surface area contributed by atoms with Crippen LogP contribution in [0.3, 0.4) is 0 Å². The van der Waals surface area contributed by atoms with E-state index in [9.17, 15) is 18.0 Å². The van der Waals surface area contributed by atoms with Crippen LogP contribution in [0.5, 0.6) is 5.75 Å². The quantitative estimate of drug-likeness (QED) is 0.507. The monoisotopic (exact) mass is 433 g/mol. The van der Waals surface area contributed by atoms with Crippen molar-refractivity contribution < 1.29 is 22.7 Å². The Morgan fingerprint density at radius 1 is 1.17 bits per heavy atom. The summed E-state index contributed by atoms with van der Waals surface area (Å²) in [4.78, 5) is 21.0. The lowest BCUT2D eigenvalue weighted by atomic mass is 10.2. The number of nitrogens with one attached hydrogen (secondary N) is 1. The molecule has 30 heavy (non-hydrogen) atoms. The number of benzene rings is 1. The highest BCUT2D eigenvalue weighted by atomic mass is 32.1. The molecule has 0 aliphatic heterocycles. The molecular weight excluding hydrogens is 419 g/mol. The van der Waals surface area contributed by atoms with E-state index in [2.05, 4.69) is 25.1 Å². The molecule has 0 aliphatic rings. The first-order chi connectivity index (χ1) is 14.2. The maximum Gasteiger partial charge on any atom is 0.573 e. The van der Waals surface area contributed by atoms with Gasteiger partial charge in [-0.3, -0.25) is 10.1 Å². The van der Waals surface area contributed by atoms with Crippen LogP contribution in [0, 0.1) is 13.8 Å². The van der Waals surface area contributed by atoms with E-state index >= 15 is 0 Å². The van der Waals surface area contributed by atoms with Crippen LogP contribution >= 0.6 is 11.3 Å². The van der Waals surface area contributed by atoms with Gasteiger partial charge in [0.25, 0.3) is 5.91 Å². The van der Waals surface area contributed by atoms with Gasteiger partial charge in [-0.05, 0) is 44.2 Å². The number of alkyl halides is 3. The lowest BCUT2D eigenvalue weighted by molar-refractivity contribution is -0.274. The summed E-state index contributed by atoms with van der Waals surface area (Å²) in [5.74, 6) is -0.206. The minimum absolute atomic E-state index is 0.252. The highest BCUT2D eigenvalue weighted by Gasteiger charge is 2.31. The zero-order valence-corrected chi connectivity index (χ0v) is 16.5. The van der Waals surface area contributed by atoms with Gasteiger partial charge in [-0.1, -0.05) is 11.3 Å². The number of pyridine rings is 1. The number of carbonyl (C=O) groups is 1. The Labute approximate surface area is 172 Å². The van der Waals surface area contributed by atoms with Crippen molar-refractivity contribution in [3.05, 3.63) is 59.5 Å². The number of aromatic nitrogens is 4. The van der Waals surface area contributed by atoms with Crippen LogP contribution in [0.4, 0.5) is 18.3 Å². The molecule has 4 aromatic rings. The second kappa shape index (κ2) is 7.41. The first-order valence-corrected chi connectivity index (χ1v) is 9.47. The van der Waals surface area contributed by atoms with Gasteiger partial charge in [0.1, 0.15) is 5.75 Å². The van der Waals surface area contributed by atoms with Crippen LogP contribution in [0.1, 0.15) is 21.7 Å². The first kappa shape index (κ1) is 19.8. The van der Waals surface area contributed by atoms with Crippen molar-refractivity contribution in [3.8, 4) is 11.6 Å². The minimum atomic E-state index is -4.78. The third-order valence-electron chi connectivity index (χ3n) is 4.05. The van der Waals surface area contributed by atoms with E-state index in [4.69, 9.17) is 0 Å². The van der Waals surface area contributed by atoms with Crippen LogP contribution < -0.4 is 10.1 Å². The summed E-state index contributed by atoms with van der Waals surface area (Å²) < 4.78 is 43.1. The average Bonchev–Trinajstić information content (AvgIpc) is 3.21. The molecule has 1 amide bonds. The molecule has 0 fully saturated rings. The van der Waals surface area contributed by atoms with Gasteiger partial charge in [-0.2, -0.15) is 5.10 Å². The molecule has 7 nitrogen and oxygen atoms in total. The molecule has 4 rings (SSSR count). The van der Waals surface area contributed by atoms with Gasteiger partial charge in [-0.15, -0.1) is 13.2 Å². The van der Waals surface area contributed by atoms with Gasteiger partial charge in [0.15, 0.2) is 10.9 Å². The Balaban J connectivity index is 1.50. The predicted octanol–water partition coefficient (Wildman–Crippen LogP) is 4.64. The van der Waals surface area contributed by atoms with Crippen molar-refractivity contribution in [2.24, 2.45) is 0 Å². The lowest BCUT2D eigenvalue weighted by Crippen LogP contribution is -2.16. The molecule has 1 N–H and O–H groups in total. The molecule has 0 unspecified atom stereocenters. The van der Waals surface area contributed by atoms with Gasteiger partial charge < -0.3 is 4.74 Å². The Kier molecular flexibility index (Phi) is 4.90. The number of anilines is 1. The molecule has 0 bridgehead atoms. The average molecular weight is 433 g/mol. The summed E-state index contributed by atoms with van der Waals surface area (Å²) in [6, 6.07) is 8.99. The fraction of sp³-hybridized carbons (Fsp3) is 0.158. The minimum Gasteiger partial charge on any atom is -0.406 e. The number of halogens is 3. The smallest absolute Gasteiger partial charge is 0.406 e. The number of fused-ring (bicyclic) bond motifs is 1. The Bertz CT molecular complexity index is 1230. The largest absolute Gasteiger partial charge is 0.573 e. The molecule has 0 saturated heterocycles. The Morgan fingerprint density at radius 2 is 1.97 bits per heavy atom. The summed E-state index contributed by atoms with van der Waals surface area (Å²) in [6.07, 6.45) is -3.36. The molecule has 0 spiro atoms. The number of carbonyl (C=O) groups excluding carboxylic acids is 1. The van der Waals surface area contributed by atoms with E-state index in [-0.39, 0.29) is 10.9 Å². The number of ether oxygens (including phenoxy) is 1. The molecule has 1 aromatic carbocycles. The number of hydrogen-bond acceptors (Lipinski definition) is 6. The number of thiazole rings is 1. The van der Waals surface area contributed by atoms with Crippen molar-refractivity contribution in [1.29, 1.82) is 0 Å². The maximum atomic E-state index is 12.5. The summed E-state index contributed by atoms with van der Waals surface area (Å²) in [5, 5.41) is 7.23. The first-order valence-electron chi connectivity index (χ1n) is 8.65. The topological polar surface area (TPSA) is 81.9 Å². The predicted molar refractivity (Wildman–Crippen MR) is 105 cm³/mol. The van der Waals surface area contributed by atoms with Crippen molar-refractivity contribution in [1.82, 2.24) is 19.7 Å². The fourth-order valence-electron chi connectivity index (χ4n) is 2.83. The molecule has 154 valence electrons. The molecule has 0 radical (unpaired) electrons. The maximum absolute atomic E-state index is 12.5. The van der Waals surface area contributed by atoms with Crippen LogP contribution in [-0.2, 0) is 0 Å². The van der Waals surface area contributed by atoms with E-state index in [0.717, 1.165) is 22.7 Å². The van der Waals surface area contributed by atoms with E-state index in [1.165, 1.54) is 24.4 Å². The zero-order valence-electron chi connectivity index (χ0n) is 15.7. The van der Waals surface area contributed by atoms with Crippen LogP contribution in [0.2, 0.25) is 0 Å². The van der Waals surface area contributed by atoms with Crippen molar-refractivity contribution in [2.75, 3.05) is 5.32 Å². The lowest BCUT2D eigenvalue weighted by Gasteiger charge is -2.07. The standard InChI is InChI=1S/C19H14F3N5O2S/c1-10-7-11(2)27(26-10)16-6-3-12(9-23-16)17(28)25-18-24-14-5-4-13(8-15(14)30-18)29-19(20,21)22/h3-9H,1-2H3,(H,24,25,28). The number of hydrogen-bond donors (Lipinski definition) is 1. The van der Waals surface area contributed by atoms with Gasteiger partial charge >= 0.3 is 6.36 Å². The summed E-state index contributed by atoms with van der Waals surface area (Å²) in [5.41, 5.74) is 2.53. The van der Waals surface area contributed by atoms with Crippen LogP contribution in [0.25, 0.3) is 16.0 Å². The molecule has 0 aliphatic carbocycles. The van der Waals surface area contributed by atoms with Gasteiger partial charge in [0.05, 0.1) is 21.5 Å². The number of rotatable bonds is 4. The third-order valence-corrected chi connectivity index (χ3v) is 4.98. The van der Waals surface area contributed by atoms with Gasteiger partial charge in [0, 0.05) is 18.0 Å². The van der Waals surface area contributed by atoms with Crippen molar-refractivity contribution in [2.45, 2.75) is 20.2 Å². The van der Waals surface area contributed by atoms with E-state index in [0.29, 0.717) is 21.6 Å². The van der Waals surface area contributed by atoms with E-state index in [1.54, 1.807) is 16.8 Å². The van der Waals surface area contributed by atoms with Gasteiger partial charge in [0.2, 0.25) is 0 Å². The molecule has 11 heteroatoms. The number of nitrogens with zero attached hydrogens (tertiary/aromatic N) is 4. The van der Waals surface area contributed by atoms with E-state index in [1.807, 2.05) is 19.9 Å². The summed E-state index contributed by atoms with van der Waals surface area (Å²) in [7, 11) is 0. The zero-order chi connectivity index (χ0) is 21.5. The van der Waals surface area contributed by atoms with Crippen LogP contribution in [0.15, 0.2) is 42.6 Å².